The van der Waals surface area contributed by atoms with Crippen LogP contribution in [0.2, 0.25) is 0 Å². The number of hydrogen-bond donors (Lipinski definition) is 1. The molecule has 10 nitrogen and oxygen atoms in total. The maximum atomic E-state index is 12.4. The third-order valence-corrected chi connectivity index (χ3v) is 6.84. The van der Waals surface area contributed by atoms with Crippen LogP contribution in [0.3, 0.4) is 0 Å². The molecule has 0 aromatic rings. The van der Waals surface area contributed by atoms with Gasteiger partial charge in [-0.1, -0.05) is 6.08 Å². The molecule has 32 heavy (non-hydrogen) atoms. The van der Waals surface area contributed by atoms with Gasteiger partial charge in [-0.25, -0.2) is 9.59 Å². The second-order valence-corrected chi connectivity index (χ2v) is 8.03. The Labute approximate surface area is 187 Å². The average molecular weight is 438 g/mol. The van der Waals surface area contributed by atoms with Crippen LogP contribution in [0.4, 0.5) is 9.59 Å². The maximum absolute atomic E-state index is 12.4. The van der Waals surface area contributed by atoms with Gasteiger partial charge in [0.15, 0.2) is 5.41 Å². The Bertz CT molecular complexity index is 973. The molecule has 1 saturated heterocycles. The third-order valence-electron chi connectivity index (χ3n) is 6.84. The molecular weight excluding hydrogens is 412 g/mol. The normalized spacial score (nSPS) is 23.2. The summed E-state index contributed by atoms with van der Waals surface area (Å²) in [6.45, 7) is 4.85. The van der Waals surface area contributed by atoms with E-state index < -0.39 is 28.9 Å². The van der Waals surface area contributed by atoms with Crippen LogP contribution in [0.1, 0.15) is 26.7 Å². The van der Waals surface area contributed by atoms with E-state index in [0.29, 0.717) is 18.4 Å². The predicted octanol–water partition coefficient (Wildman–Crippen LogP) is 2.02. The van der Waals surface area contributed by atoms with Crippen molar-refractivity contribution in [1.82, 2.24) is 9.80 Å². The number of carbonyl (C=O) groups is 2. The highest BCUT2D eigenvalue weighted by atomic mass is 16.6. The molecule has 1 atom stereocenters. The number of carbonyl (C=O) groups excluding carboxylic acids is 2. The van der Waals surface area contributed by atoms with Crippen LogP contribution in [0.25, 0.3) is 0 Å². The zero-order chi connectivity index (χ0) is 23.5. The Morgan fingerprint density at radius 2 is 1.66 bits per heavy atom. The number of nitriles is 3. The van der Waals surface area contributed by atoms with Gasteiger partial charge in [0.25, 0.3) is 0 Å². The van der Waals surface area contributed by atoms with Crippen LogP contribution in [0.15, 0.2) is 22.9 Å². The van der Waals surface area contributed by atoms with E-state index in [2.05, 4.69) is 18.2 Å². The van der Waals surface area contributed by atoms with Crippen LogP contribution >= 0.6 is 0 Å². The van der Waals surface area contributed by atoms with Gasteiger partial charge in [0.1, 0.15) is 6.07 Å². The first-order chi connectivity index (χ1) is 15.4. The molecule has 2 heterocycles. The van der Waals surface area contributed by atoms with E-state index in [-0.39, 0.29) is 50.7 Å². The molecule has 0 bridgehead atoms. The van der Waals surface area contributed by atoms with Gasteiger partial charge in [0, 0.05) is 37.5 Å². The number of allylic oxidation sites excluding steroid dienone is 2. The highest BCUT2D eigenvalue weighted by molar-refractivity contribution is 5.70. The number of nitrogens with zero attached hydrogens (tertiary/aromatic N) is 5. The Hall–Kier alpha value is -3.71. The summed E-state index contributed by atoms with van der Waals surface area (Å²) in [5, 5.41) is 30.3. The van der Waals surface area contributed by atoms with Crippen molar-refractivity contribution >= 4 is 12.2 Å². The molecule has 0 aromatic heterocycles. The van der Waals surface area contributed by atoms with E-state index in [4.69, 9.17) is 15.2 Å². The zero-order valence-electron chi connectivity index (χ0n) is 18.3. The van der Waals surface area contributed by atoms with Crippen LogP contribution in [0, 0.1) is 50.7 Å². The first-order valence-electron chi connectivity index (χ1n) is 10.6. The van der Waals surface area contributed by atoms with E-state index >= 15 is 0 Å². The maximum Gasteiger partial charge on any atom is 0.410 e. The van der Waals surface area contributed by atoms with Crippen molar-refractivity contribution in [2.75, 3.05) is 39.4 Å². The third kappa shape index (κ3) is 3.22. The Morgan fingerprint density at radius 3 is 2.16 bits per heavy atom. The van der Waals surface area contributed by atoms with Gasteiger partial charge >= 0.3 is 12.2 Å². The van der Waals surface area contributed by atoms with Crippen molar-refractivity contribution in [3.05, 3.63) is 22.9 Å². The molecule has 1 aliphatic carbocycles. The number of likely N-dealkylation sites (tertiary alicyclic amines) is 1. The lowest BCUT2D eigenvalue weighted by Crippen LogP contribution is -2.61. The molecule has 10 heteroatoms. The molecule has 2 amide bonds. The molecule has 168 valence electrons. The topological polar surface area (TPSA) is 156 Å². The molecule has 3 rings (SSSR count). The van der Waals surface area contributed by atoms with E-state index in [0.717, 1.165) is 0 Å². The minimum Gasteiger partial charge on any atom is -0.450 e. The molecular formula is C22H26N6O4. The smallest absolute Gasteiger partial charge is 0.410 e. The zero-order valence-corrected chi connectivity index (χ0v) is 18.3. The highest BCUT2D eigenvalue weighted by Crippen LogP contribution is 2.61. The van der Waals surface area contributed by atoms with E-state index in [9.17, 15) is 25.4 Å². The lowest BCUT2D eigenvalue weighted by molar-refractivity contribution is -0.0103. The number of amides is 2. The summed E-state index contributed by atoms with van der Waals surface area (Å²) in [6.07, 6.45) is 1.40. The van der Waals surface area contributed by atoms with Crippen LogP contribution < -0.4 is 5.73 Å². The monoisotopic (exact) mass is 438 g/mol. The summed E-state index contributed by atoms with van der Waals surface area (Å²) in [6, 6.07) is 6.32. The summed E-state index contributed by atoms with van der Waals surface area (Å²) in [5.41, 5.74) is 4.32. The van der Waals surface area contributed by atoms with E-state index in [1.807, 2.05) is 0 Å². The average Bonchev–Trinajstić information content (AvgIpc) is 2.81. The minimum atomic E-state index is -1.77. The quantitative estimate of drug-likeness (QED) is 0.686. The van der Waals surface area contributed by atoms with Crippen molar-refractivity contribution in [3.8, 4) is 18.2 Å². The lowest BCUT2D eigenvalue weighted by atomic mass is 9.47. The molecule has 1 spiro atoms. The van der Waals surface area contributed by atoms with Gasteiger partial charge in [0.05, 0.1) is 36.6 Å². The fourth-order valence-electron chi connectivity index (χ4n) is 5.25. The summed E-state index contributed by atoms with van der Waals surface area (Å²) < 4.78 is 10.2. The Morgan fingerprint density at radius 1 is 1.09 bits per heavy atom. The standard InChI is InChI=1S/C22H26N6O4/c1-3-31-19(29)27-9-6-21(7-10-27)17-12-28(20(30)32-4-2)8-5-15(17)16(11-23)18(26)22(21,13-24)14-25/h5,17H,3-4,6-10,12,26H2,1-2H3/t17-/m1/s1. The number of fused-ring (bicyclic) bond motifs is 2. The predicted molar refractivity (Wildman–Crippen MR) is 111 cm³/mol. The molecule has 0 unspecified atom stereocenters. The molecule has 0 saturated carbocycles. The second-order valence-electron chi connectivity index (χ2n) is 8.03. The lowest BCUT2D eigenvalue weighted by Gasteiger charge is -2.56. The molecule has 3 aliphatic rings. The van der Waals surface area contributed by atoms with Gasteiger partial charge in [-0.15, -0.1) is 0 Å². The molecule has 2 N–H and O–H groups in total. The molecule has 1 fully saturated rings. The van der Waals surface area contributed by atoms with Gasteiger partial charge in [-0.3, -0.25) is 0 Å². The van der Waals surface area contributed by atoms with Gasteiger partial charge in [-0.2, -0.15) is 15.8 Å². The van der Waals surface area contributed by atoms with Crippen LogP contribution in [-0.2, 0) is 9.47 Å². The Balaban J connectivity index is 2.11. The second kappa shape index (κ2) is 8.80. The van der Waals surface area contributed by atoms with Crippen LogP contribution in [0.5, 0.6) is 0 Å². The minimum absolute atomic E-state index is 0.0540. The fraction of sp³-hybridized carbons (Fsp3) is 0.591. The van der Waals surface area contributed by atoms with Gasteiger partial charge in [0.2, 0.25) is 0 Å². The summed E-state index contributed by atoms with van der Waals surface area (Å²) in [4.78, 5) is 27.7. The first kappa shape index (κ1) is 23.0. The molecule has 0 aromatic carbocycles. The number of nitrogens with two attached hydrogens (primary N) is 1. The summed E-state index contributed by atoms with van der Waals surface area (Å²) >= 11 is 0. The van der Waals surface area contributed by atoms with Crippen molar-refractivity contribution in [2.24, 2.45) is 22.5 Å². The van der Waals surface area contributed by atoms with Crippen LogP contribution in [-0.4, -0.2) is 61.4 Å². The van der Waals surface area contributed by atoms with Crippen molar-refractivity contribution in [1.29, 1.82) is 15.8 Å². The first-order valence-corrected chi connectivity index (χ1v) is 10.6. The SMILES string of the molecule is CCOC(=O)N1CCC2(CC1)[C@@H]1CN(C(=O)OCC)CC=C1C(C#N)=C(N)C2(C#N)C#N. The molecule has 0 radical (unpaired) electrons. The van der Waals surface area contributed by atoms with E-state index in [1.54, 1.807) is 24.8 Å². The van der Waals surface area contributed by atoms with Crippen molar-refractivity contribution in [3.63, 3.8) is 0 Å². The van der Waals surface area contributed by atoms with Gasteiger partial charge in [-0.05, 0) is 32.3 Å². The van der Waals surface area contributed by atoms with Crippen molar-refractivity contribution < 1.29 is 19.1 Å². The Kier molecular flexibility index (Phi) is 6.32. The van der Waals surface area contributed by atoms with Gasteiger partial charge < -0.3 is 25.0 Å². The number of piperidine rings is 1. The number of rotatable bonds is 2. The van der Waals surface area contributed by atoms with E-state index in [1.165, 1.54) is 4.90 Å². The highest BCUT2D eigenvalue weighted by Gasteiger charge is 2.64. The largest absolute Gasteiger partial charge is 0.450 e. The van der Waals surface area contributed by atoms with Crippen molar-refractivity contribution in [2.45, 2.75) is 26.7 Å². The number of hydrogen-bond acceptors (Lipinski definition) is 8. The fourth-order valence-corrected chi connectivity index (χ4v) is 5.25. The summed E-state index contributed by atoms with van der Waals surface area (Å²) in [5.74, 6) is -0.480. The summed E-state index contributed by atoms with van der Waals surface area (Å²) in [7, 11) is 0. The molecule has 2 aliphatic heterocycles. The number of ether oxygens (including phenoxy) is 2.